The number of rotatable bonds is 6. The molecule has 0 aliphatic heterocycles. The van der Waals surface area contributed by atoms with Gasteiger partial charge in [0, 0.05) is 0 Å². The van der Waals surface area contributed by atoms with E-state index in [9.17, 15) is 4.79 Å². The molecule has 0 aliphatic carbocycles. The minimum atomic E-state index is -2.62. The number of hydrogen-bond acceptors (Lipinski definition) is 2. The highest BCUT2D eigenvalue weighted by Gasteiger charge is 2.51. The van der Waals surface area contributed by atoms with Crippen LogP contribution in [0, 0.1) is 0 Å². The fourth-order valence-electron chi connectivity index (χ4n) is 3.36. The predicted octanol–water partition coefficient (Wildman–Crippen LogP) is 3.93. The van der Waals surface area contributed by atoms with Crippen molar-refractivity contribution in [2.45, 2.75) is 52.2 Å². The molecule has 0 heterocycles. The first-order valence-corrected chi connectivity index (χ1v) is 10.5. The van der Waals surface area contributed by atoms with Gasteiger partial charge in [0.05, 0.1) is 0 Å². The molecule has 128 valence electrons. The van der Waals surface area contributed by atoms with Crippen molar-refractivity contribution in [1.29, 1.82) is 0 Å². The molecular formula is C21H28O2Si. The van der Waals surface area contributed by atoms with Crippen LogP contribution in [0.2, 0.25) is 5.04 Å². The summed E-state index contributed by atoms with van der Waals surface area (Å²) >= 11 is 0. The van der Waals surface area contributed by atoms with Crippen molar-refractivity contribution in [2.24, 2.45) is 0 Å². The maximum Gasteiger partial charge on any atom is 0.262 e. The molecule has 2 aromatic carbocycles. The van der Waals surface area contributed by atoms with Gasteiger partial charge >= 0.3 is 0 Å². The molecule has 0 aliphatic rings. The van der Waals surface area contributed by atoms with Crippen LogP contribution in [0.5, 0.6) is 0 Å². The molecule has 2 aromatic rings. The van der Waals surface area contributed by atoms with Crippen molar-refractivity contribution in [3.05, 3.63) is 60.7 Å². The molecule has 0 saturated heterocycles. The van der Waals surface area contributed by atoms with Crippen LogP contribution in [-0.2, 0) is 9.22 Å². The van der Waals surface area contributed by atoms with Crippen molar-refractivity contribution >= 4 is 24.5 Å². The molecule has 24 heavy (non-hydrogen) atoms. The topological polar surface area (TPSA) is 26.3 Å². The number of ketones is 1. The van der Waals surface area contributed by atoms with Gasteiger partial charge in [-0.2, -0.15) is 0 Å². The van der Waals surface area contributed by atoms with E-state index in [0.717, 1.165) is 0 Å². The summed E-state index contributed by atoms with van der Waals surface area (Å²) in [7, 11) is -2.62. The summed E-state index contributed by atoms with van der Waals surface area (Å²) in [5, 5.41) is 2.32. The fraction of sp³-hybridized carbons (Fsp3) is 0.381. The first-order valence-electron chi connectivity index (χ1n) is 8.62. The lowest BCUT2D eigenvalue weighted by molar-refractivity contribution is -0.124. The molecule has 0 aromatic heterocycles. The number of Topliss-reactive ketones (excluding diaryl/α,β-unsaturated/α-hetero) is 1. The molecule has 0 bridgehead atoms. The Balaban J connectivity index is 2.73. The van der Waals surface area contributed by atoms with E-state index in [1.54, 1.807) is 6.92 Å². The summed E-state index contributed by atoms with van der Waals surface area (Å²) in [5.41, 5.74) is 0. The van der Waals surface area contributed by atoms with Crippen LogP contribution in [0.3, 0.4) is 0 Å². The van der Waals surface area contributed by atoms with Crippen LogP contribution >= 0.6 is 0 Å². The highest BCUT2D eigenvalue weighted by molar-refractivity contribution is 6.99. The van der Waals surface area contributed by atoms with E-state index in [-0.39, 0.29) is 16.9 Å². The maximum atomic E-state index is 12.1. The zero-order valence-electron chi connectivity index (χ0n) is 15.4. The average molecular weight is 341 g/mol. The third-order valence-electron chi connectivity index (χ3n) is 4.56. The van der Waals surface area contributed by atoms with E-state index in [2.05, 4.69) is 69.3 Å². The Kier molecular flexibility index (Phi) is 5.78. The van der Waals surface area contributed by atoms with Crippen LogP contribution in [0.25, 0.3) is 0 Å². The van der Waals surface area contributed by atoms with E-state index in [0.29, 0.717) is 6.42 Å². The highest BCUT2D eigenvalue weighted by atomic mass is 28.4. The fourth-order valence-corrected chi connectivity index (χ4v) is 8.13. The highest BCUT2D eigenvalue weighted by Crippen LogP contribution is 2.37. The number of carbonyl (C=O) groups is 1. The summed E-state index contributed by atoms with van der Waals surface area (Å²) in [6.45, 7) is 10.3. The quantitative estimate of drug-likeness (QED) is 0.745. The molecule has 0 radical (unpaired) electrons. The molecule has 2 nitrogen and oxygen atoms in total. The number of carbonyl (C=O) groups excluding carboxylic acids is 1. The van der Waals surface area contributed by atoms with Crippen LogP contribution in [-0.4, -0.2) is 20.2 Å². The van der Waals surface area contributed by atoms with Gasteiger partial charge in [0.1, 0.15) is 6.10 Å². The molecule has 3 heteroatoms. The van der Waals surface area contributed by atoms with Gasteiger partial charge in [0.15, 0.2) is 5.78 Å². The van der Waals surface area contributed by atoms with Gasteiger partial charge in [0.2, 0.25) is 0 Å². The van der Waals surface area contributed by atoms with E-state index in [1.165, 1.54) is 10.4 Å². The van der Waals surface area contributed by atoms with Gasteiger partial charge < -0.3 is 4.43 Å². The first-order chi connectivity index (χ1) is 11.3. The van der Waals surface area contributed by atoms with Crippen LogP contribution < -0.4 is 10.4 Å². The Bertz CT molecular complexity index is 620. The second-order valence-electron chi connectivity index (χ2n) is 7.29. The Morgan fingerprint density at radius 1 is 0.958 bits per heavy atom. The van der Waals surface area contributed by atoms with Gasteiger partial charge in [-0.15, -0.1) is 0 Å². The van der Waals surface area contributed by atoms with Gasteiger partial charge in [-0.3, -0.25) is 4.79 Å². The Morgan fingerprint density at radius 2 is 1.38 bits per heavy atom. The van der Waals surface area contributed by atoms with Crippen molar-refractivity contribution in [1.82, 2.24) is 0 Å². The lowest BCUT2D eigenvalue weighted by Crippen LogP contribution is -2.68. The lowest BCUT2D eigenvalue weighted by atomic mass is 10.2. The Hall–Kier alpha value is -1.71. The van der Waals surface area contributed by atoms with E-state index in [1.807, 2.05) is 19.1 Å². The van der Waals surface area contributed by atoms with Gasteiger partial charge in [-0.25, -0.2) is 0 Å². The Morgan fingerprint density at radius 3 is 1.67 bits per heavy atom. The monoisotopic (exact) mass is 340 g/mol. The van der Waals surface area contributed by atoms with E-state index >= 15 is 0 Å². The number of benzene rings is 2. The SMILES string of the molecule is CC[C@@H](O[Si](c1ccccc1)(c1ccccc1)C(C)(C)C)C(C)=O. The van der Waals surface area contributed by atoms with Crippen molar-refractivity contribution < 1.29 is 9.22 Å². The maximum absolute atomic E-state index is 12.1. The molecular weight excluding hydrogens is 312 g/mol. The average Bonchev–Trinajstić information content (AvgIpc) is 2.56. The van der Waals surface area contributed by atoms with E-state index < -0.39 is 8.32 Å². The minimum absolute atomic E-state index is 0.0986. The molecule has 0 N–H and O–H groups in total. The third kappa shape index (κ3) is 3.52. The summed E-state index contributed by atoms with van der Waals surface area (Å²) < 4.78 is 6.77. The smallest absolute Gasteiger partial charge is 0.262 e. The largest absolute Gasteiger partial charge is 0.397 e. The second kappa shape index (κ2) is 7.45. The zero-order valence-corrected chi connectivity index (χ0v) is 16.4. The standard InChI is InChI=1S/C21H28O2Si/c1-6-20(17(2)22)23-24(21(3,4)5,18-13-9-7-10-14-18)19-15-11-8-12-16-19/h7-16,20H,6H2,1-5H3/t20-/m1/s1. The second-order valence-corrected chi connectivity index (χ2v) is 11.5. The van der Waals surface area contributed by atoms with Crippen LogP contribution in [0.1, 0.15) is 41.0 Å². The molecule has 0 saturated carbocycles. The number of hydrogen-bond donors (Lipinski definition) is 0. The van der Waals surface area contributed by atoms with E-state index in [4.69, 9.17) is 4.43 Å². The first kappa shape index (κ1) is 18.6. The molecule has 0 amide bonds. The lowest BCUT2D eigenvalue weighted by Gasteiger charge is -2.44. The predicted molar refractivity (Wildman–Crippen MR) is 103 cm³/mol. The van der Waals surface area contributed by atoms with Crippen molar-refractivity contribution in [3.63, 3.8) is 0 Å². The van der Waals surface area contributed by atoms with Crippen molar-refractivity contribution in [2.75, 3.05) is 0 Å². The van der Waals surface area contributed by atoms with Gasteiger partial charge in [-0.05, 0) is 28.8 Å². The summed E-state index contributed by atoms with van der Waals surface area (Å²) in [5.74, 6) is 0.102. The van der Waals surface area contributed by atoms with Gasteiger partial charge in [0.25, 0.3) is 8.32 Å². The summed E-state index contributed by atoms with van der Waals surface area (Å²) in [4.78, 5) is 12.1. The van der Waals surface area contributed by atoms with Gasteiger partial charge in [-0.1, -0.05) is 88.4 Å². The Labute approximate surface area is 147 Å². The minimum Gasteiger partial charge on any atom is -0.397 e. The van der Waals surface area contributed by atoms with Crippen LogP contribution in [0.15, 0.2) is 60.7 Å². The summed E-state index contributed by atoms with van der Waals surface area (Å²) in [6, 6.07) is 20.9. The van der Waals surface area contributed by atoms with Crippen LogP contribution in [0.4, 0.5) is 0 Å². The molecule has 0 spiro atoms. The zero-order chi connectivity index (χ0) is 17.8. The molecule has 2 rings (SSSR count). The molecule has 1 atom stereocenters. The molecule has 0 fully saturated rings. The molecule has 0 unspecified atom stereocenters. The summed E-state index contributed by atoms with van der Waals surface area (Å²) in [6.07, 6.45) is 0.330. The third-order valence-corrected chi connectivity index (χ3v) is 9.60. The van der Waals surface area contributed by atoms with Crippen molar-refractivity contribution in [3.8, 4) is 0 Å². The normalized spacial score (nSPS) is 13.5.